The van der Waals surface area contributed by atoms with Crippen molar-refractivity contribution in [2.45, 2.75) is 51.5 Å². The molecule has 1 saturated carbocycles. The van der Waals surface area contributed by atoms with Crippen LogP contribution in [0.15, 0.2) is 24.4 Å². The van der Waals surface area contributed by atoms with E-state index in [1.807, 2.05) is 6.20 Å². The number of hydrogen-bond donors (Lipinski definition) is 2. The van der Waals surface area contributed by atoms with E-state index in [1.54, 1.807) is 0 Å². The molecular weight excluding hydrogens is 234 g/mol. The monoisotopic (exact) mass is 257 g/mol. The molecule has 1 fully saturated rings. The fraction of sp³-hybridized carbons (Fsp3) is 0.562. The third-order valence-electron chi connectivity index (χ3n) is 4.48. The summed E-state index contributed by atoms with van der Waals surface area (Å²) in [7, 11) is 0. The topological polar surface area (TPSA) is 40.7 Å². The lowest BCUT2D eigenvalue weighted by Gasteiger charge is -2.18. The standard InChI is InChI=1S/C16H23N3/c1-2-12-4-3-5-14(7-6-12)18-15-8-9-16-13(10-15)11-17-19-16/h8-12,14,18H,2-7H2,1H3,(H,17,19). The molecular formula is C16H23N3. The quantitative estimate of drug-likeness (QED) is 0.803. The Morgan fingerprint density at radius 3 is 3.11 bits per heavy atom. The molecule has 2 atom stereocenters. The van der Waals surface area contributed by atoms with Crippen LogP contribution in [0, 0.1) is 5.92 Å². The van der Waals surface area contributed by atoms with Crippen LogP contribution in [-0.4, -0.2) is 16.2 Å². The number of hydrogen-bond acceptors (Lipinski definition) is 2. The maximum atomic E-state index is 4.07. The Labute approximate surface area is 114 Å². The second-order valence-electron chi connectivity index (χ2n) is 5.80. The summed E-state index contributed by atoms with van der Waals surface area (Å²) in [4.78, 5) is 0. The van der Waals surface area contributed by atoms with Crippen LogP contribution >= 0.6 is 0 Å². The van der Waals surface area contributed by atoms with Gasteiger partial charge >= 0.3 is 0 Å². The zero-order valence-electron chi connectivity index (χ0n) is 11.7. The van der Waals surface area contributed by atoms with Gasteiger partial charge in [-0.15, -0.1) is 0 Å². The average Bonchev–Trinajstić information content (AvgIpc) is 2.77. The Bertz CT molecular complexity index is 532. The Kier molecular flexibility index (Phi) is 3.72. The van der Waals surface area contributed by atoms with E-state index in [4.69, 9.17) is 0 Å². The van der Waals surface area contributed by atoms with Crippen molar-refractivity contribution in [3.63, 3.8) is 0 Å². The Morgan fingerprint density at radius 1 is 1.26 bits per heavy atom. The molecule has 1 heterocycles. The molecule has 2 aromatic rings. The third-order valence-corrected chi connectivity index (χ3v) is 4.48. The van der Waals surface area contributed by atoms with E-state index < -0.39 is 0 Å². The van der Waals surface area contributed by atoms with Crippen molar-refractivity contribution in [2.75, 3.05) is 5.32 Å². The summed E-state index contributed by atoms with van der Waals surface area (Å²) in [6, 6.07) is 7.10. The van der Waals surface area contributed by atoms with Gasteiger partial charge in [0.25, 0.3) is 0 Å². The SMILES string of the molecule is CCC1CCCC(Nc2ccc3[nH]ncc3c2)CC1. The minimum Gasteiger partial charge on any atom is -0.382 e. The van der Waals surface area contributed by atoms with Crippen LogP contribution in [0.5, 0.6) is 0 Å². The van der Waals surface area contributed by atoms with Crippen LogP contribution in [0.25, 0.3) is 10.9 Å². The van der Waals surface area contributed by atoms with Gasteiger partial charge in [0, 0.05) is 17.1 Å². The smallest absolute Gasteiger partial charge is 0.0651 e. The Balaban J connectivity index is 1.66. The first kappa shape index (κ1) is 12.5. The molecule has 0 radical (unpaired) electrons. The number of nitrogens with one attached hydrogen (secondary N) is 2. The van der Waals surface area contributed by atoms with Gasteiger partial charge in [-0.2, -0.15) is 5.10 Å². The number of anilines is 1. The highest BCUT2D eigenvalue weighted by Crippen LogP contribution is 2.28. The lowest BCUT2D eigenvalue weighted by Crippen LogP contribution is -2.18. The summed E-state index contributed by atoms with van der Waals surface area (Å²) >= 11 is 0. The summed E-state index contributed by atoms with van der Waals surface area (Å²) in [5, 5.41) is 12.0. The van der Waals surface area contributed by atoms with Gasteiger partial charge in [0.05, 0.1) is 11.7 Å². The highest BCUT2D eigenvalue weighted by atomic mass is 15.1. The summed E-state index contributed by atoms with van der Waals surface area (Å²) in [5.41, 5.74) is 2.34. The minimum absolute atomic E-state index is 0.640. The van der Waals surface area contributed by atoms with Gasteiger partial charge in [-0.05, 0) is 43.4 Å². The molecule has 3 rings (SSSR count). The van der Waals surface area contributed by atoms with Crippen molar-refractivity contribution < 1.29 is 0 Å². The number of rotatable bonds is 3. The first-order chi connectivity index (χ1) is 9.35. The van der Waals surface area contributed by atoms with Crippen molar-refractivity contribution in [3.8, 4) is 0 Å². The lowest BCUT2D eigenvalue weighted by molar-refractivity contribution is 0.444. The normalized spacial score (nSPS) is 24.3. The highest BCUT2D eigenvalue weighted by molar-refractivity contribution is 5.81. The fourth-order valence-corrected chi connectivity index (χ4v) is 3.20. The van der Waals surface area contributed by atoms with Gasteiger partial charge in [-0.3, -0.25) is 5.10 Å². The molecule has 0 bridgehead atoms. The van der Waals surface area contributed by atoms with Crippen LogP contribution in [0.1, 0.15) is 45.4 Å². The van der Waals surface area contributed by atoms with E-state index in [0.29, 0.717) is 6.04 Å². The minimum atomic E-state index is 0.640. The van der Waals surface area contributed by atoms with E-state index in [-0.39, 0.29) is 0 Å². The number of aromatic nitrogens is 2. The summed E-state index contributed by atoms with van der Waals surface area (Å²) in [6.07, 6.45) is 10.00. The van der Waals surface area contributed by atoms with E-state index in [1.165, 1.54) is 49.6 Å². The van der Waals surface area contributed by atoms with Crippen LogP contribution in [0.3, 0.4) is 0 Å². The molecule has 3 heteroatoms. The average molecular weight is 257 g/mol. The molecule has 2 unspecified atom stereocenters. The lowest BCUT2D eigenvalue weighted by atomic mass is 9.98. The van der Waals surface area contributed by atoms with Gasteiger partial charge in [-0.1, -0.05) is 26.2 Å². The predicted molar refractivity (Wildman–Crippen MR) is 80.4 cm³/mol. The van der Waals surface area contributed by atoms with E-state index in [2.05, 4.69) is 40.6 Å². The van der Waals surface area contributed by atoms with Gasteiger partial charge in [0.1, 0.15) is 0 Å². The van der Waals surface area contributed by atoms with Gasteiger partial charge in [-0.25, -0.2) is 0 Å². The second kappa shape index (κ2) is 5.64. The molecule has 0 spiro atoms. The van der Waals surface area contributed by atoms with Crippen molar-refractivity contribution in [1.82, 2.24) is 10.2 Å². The van der Waals surface area contributed by atoms with E-state index >= 15 is 0 Å². The van der Waals surface area contributed by atoms with Crippen molar-refractivity contribution in [3.05, 3.63) is 24.4 Å². The van der Waals surface area contributed by atoms with Gasteiger partial charge in [0.15, 0.2) is 0 Å². The van der Waals surface area contributed by atoms with E-state index in [9.17, 15) is 0 Å². The number of fused-ring (bicyclic) bond motifs is 1. The van der Waals surface area contributed by atoms with Gasteiger partial charge < -0.3 is 5.32 Å². The molecule has 0 amide bonds. The largest absolute Gasteiger partial charge is 0.382 e. The maximum Gasteiger partial charge on any atom is 0.0651 e. The predicted octanol–water partition coefficient (Wildman–Crippen LogP) is 4.33. The van der Waals surface area contributed by atoms with Crippen molar-refractivity contribution in [1.29, 1.82) is 0 Å². The summed E-state index contributed by atoms with van der Waals surface area (Å²) in [6.45, 7) is 2.32. The number of H-pyrrole nitrogens is 1. The first-order valence-corrected chi connectivity index (χ1v) is 7.55. The third kappa shape index (κ3) is 2.91. The zero-order valence-corrected chi connectivity index (χ0v) is 11.7. The fourth-order valence-electron chi connectivity index (χ4n) is 3.20. The van der Waals surface area contributed by atoms with Crippen LogP contribution in [-0.2, 0) is 0 Å². The molecule has 1 aliphatic carbocycles. The maximum absolute atomic E-state index is 4.07. The Morgan fingerprint density at radius 2 is 2.21 bits per heavy atom. The molecule has 2 N–H and O–H groups in total. The second-order valence-corrected chi connectivity index (χ2v) is 5.80. The molecule has 1 aromatic heterocycles. The molecule has 102 valence electrons. The number of nitrogens with zero attached hydrogens (tertiary/aromatic N) is 1. The molecule has 1 aliphatic rings. The summed E-state index contributed by atoms with van der Waals surface area (Å²) < 4.78 is 0. The zero-order chi connectivity index (χ0) is 13.1. The molecule has 3 nitrogen and oxygen atoms in total. The molecule has 1 aromatic carbocycles. The van der Waals surface area contributed by atoms with Crippen molar-refractivity contribution >= 4 is 16.6 Å². The summed E-state index contributed by atoms with van der Waals surface area (Å²) in [5.74, 6) is 0.947. The van der Waals surface area contributed by atoms with Crippen molar-refractivity contribution in [2.24, 2.45) is 5.92 Å². The van der Waals surface area contributed by atoms with Crippen LogP contribution in [0.2, 0.25) is 0 Å². The number of benzene rings is 1. The first-order valence-electron chi connectivity index (χ1n) is 7.55. The number of aromatic amines is 1. The highest BCUT2D eigenvalue weighted by Gasteiger charge is 2.17. The molecule has 19 heavy (non-hydrogen) atoms. The van der Waals surface area contributed by atoms with E-state index in [0.717, 1.165) is 11.4 Å². The molecule has 0 saturated heterocycles. The Hall–Kier alpha value is -1.51. The molecule has 0 aliphatic heterocycles. The van der Waals surface area contributed by atoms with Crippen LogP contribution < -0.4 is 5.32 Å². The van der Waals surface area contributed by atoms with Crippen LogP contribution in [0.4, 0.5) is 5.69 Å². The van der Waals surface area contributed by atoms with Gasteiger partial charge in [0.2, 0.25) is 0 Å².